The minimum absolute atomic E-state index is 0.501. The molecule has 0 radical (unpaired) electrons. The smallest absolute Gasteiger partial charge is 0.245 e. The highest BCUT2D eigenvalue weighted by Gasteiger charge is 2.15. The van der Waals surface area contributed by atoms with Crippen LogP contribution in [0.25, 0.3) is 0 Å². The van der Waals surface area contributed by atoms with Crippen LogP contribution in [0.4, 0.5) is 22.7 Å². The lowest BCUT2D eigenvalue weighted by molar-refractivity contribution is -0.435. The molecule has 0 saturated heterocycles. The first-order chi connectivity index (χ1) is 10.7. The second-order valence-electron chi connectivity index (χ2n) is 6.05. The number of nitrogens with two attached hydrogens (primary N) is 1. The van der Waals surface area contributed by atoms with Crippen LogP contribution in [-0.2, 0) is 0 Å². The van der Waals surface area contributed by atoms with Crippen LogP contribution in [0.15, 0.2) is 29.4 Å². The van der Waals surface area contributed by atoms with Crippen LogP contribution in [0.1, 0.15) is 22.3 Å². The zero-order valence-electron chi connectivity index (χ0n) is 14.6. The van der Waals surface area contributed by atoms with Crippen LogP contribution in [0.3, 0.4) is 0 Å². The average molecular weight is 312 g/mol. The van der Waals surface area contributed by atoms with Gasteiger partial charge in [0, 0.05) is 42.7 Å². The second kappa shape index (κ2) is 6.28. The first-order valence-corrected chi connectivity index (χ1v) is 7.56. The van der Waals surface area contributed by atoms with Gasteiger partial charge in [0.25, 0.3) is 0 Å². The Balaban J connectivity index is 2.49. The van der Waals surface area contributed by atoms with E-state index in [0.717, 1.165) is 33.6 Å². The molecule has 0 bridgehead atoms. The summed E-state index contributed by atoms with van der Waals surface area (Å²) in [4.78, 5) is 2.65. The van der Waals surface area contributed by atoms with Crippen molar-refractivity contribution in [1.82, 2.24) is 0 Å². The van der Waals surface area contributed by atoms with E-state index < -0.39 is 0 Å². The lowest BCUT2D eigenvalue weighted by atomic mass is 9.96. The zero-order chi connectivity index (χ0) is 17.3. The van der Waals surface area contributed by atoms with E-state index >= 15 is 0 Å². The fourth-order valence-electron chi connectivity index (χ4n) is 2.50. The van der Waals surface area contributed by atoms with Crippen molar-refractivity contribution in [3.63, 3.8) is 0 Å². The Morgan fingerprint density at radius 2 is 1.39 bits per heavy atom. The lowest BCUT2D eigenvalue weighted by Gasteiger charge is -2.14. The van der Waals surface area contributed by atoms with Crippen molar-refractivity contribution >= 4 is 22.7 Å². The van der Waals surface area contributed by atoms with E-state index in [4.69, 9.17) is 5.73 Å². The number of hydrogen-bond acceptors (Lipinski definition) is 4. The van der Waals surface area contributed by atoms with Gasteiger partial charge in [-0.2, -0.15) is 0 Å². The fourth-order valence-corrected chi connectivity index (χ4v) is 2.50. The maximum absolute atomic E-state index is 12.4. The third-order valence-corrected chi connectivity index (χ3v) is 4.42. The van der Waals surface area contributed by atoms with Crippen LogP contribution in [0, 0.1) is 32.9 Å². The molecule has 0 aliphatic carbocycles. The minimum Gasteiger partial charge on any atom is -0.594 e. The van der Waals surface area contributed by atoms with E-state index in [1.165, 1.54) is 0 Å². The number of nitrogen functional groups attached to an aromatic ring is 1. The van der Waals surface area contributed by atoms with E-state index in [1.54, 1.807) is 12.1 Å². The monoisotopic (exact) mass is 312 g/mol. The van der Waals surface area contributed by atoms with Crippen molar-refractivity contribution in [2.24, 2.45) is 5.11 Å². The number of azo groups is 1. The highest BCUT2D eigenvalue weighted by Crippen LogP contribution is 2.35. The van der Waals surface area contributed by atoms with Crippen LogP contribution in [0.2, 0.25) is 0 Å². The summed E-state index contributed by atoms with van der Waals surface area (Å²) in [6.07, 6.45) is 0. The maximum Gasteiger partial charge on any atom is 0.245 e. The standard InChI is InChI=1S/C18H24N4O/c1-11-13(3)18(14(4)12(2)17(11)19)20-22(23)16-9-7-15(8-10-16)21(5)6/h7-10H,19H2,1-6H3. The predicted molar refractivity (Wildman–Crippen MR) is 95.9 cm³/mol. The Morgan fingerprint density at radius 1 is 0.913 bits per heavy atom. The van der Waals surface area contributed by atoms with Crippen molar-refractivity contribution in [1.29, 1.82) is 0 Å². The Labute approximate surface area is 137 Å². The normalized spacial score (nSPS) is 11.7. The summed E-state index contributed by atoms with van der Waals surface area (Å²) in [5, 5.41) is 16.7. The quantitative estimate of drug-likeness (QED) is 0.393. The first-order valence-electron chi connectivity index (χ1n) is 7.56. The van der Waals surface area contributed by atoms with Crippen molar-refractivity contribution in [2.75, 3.05) is 24.7 Å². The molecule has 23 heavy (non-hydrogen) atoms. The Bertz CT molecular complexity index is 733. The molecule has 2 N–H and O–H groups in total. The largest absolute Gasteiger partial charge is 0.594 e. The first kappa shape index (κ1) is 16.8. The van der Waals surface area contributed by atoms with Gasteiger partial charge in [0.2, 0.25) is 5.69 Å². The molecular formula is C18H24N4O. The number of hydrogen-bond donors (Lipinski definition) is 1. The summed E-state index contributed by atoms with van der Waals surface area (Å²) < 4.78 is 0. The molecule has 2 aromatic rings. The number of rotatable bonds is 3. The Hall–Kier alpha value is -2.56. The number of anilines is 2. The molecule has 0 atom stereocenters. The maximum atomic E-state index is 12.4. The molecule has 2 aromatic carbocycles. The highest BCUT2D eigenvalue weighted by atomic mass is 16.5. The number of benzene rings is 2. The molecule has 122 valence electrons. The van der Waals surface area contributed by atoms with Crippen LogP contribution in [0.5, 0.6) is 0 Å². The molecule has 0 aliphatic rings. The van der Waals surface area contributed by atoms with E-state index in [-0.39, 0.29) is 0 Å². The molecule has 5 heteroatoms. The van der Waals surface area contributed by atoms with Gasteiger partial charge in [-0.1, -0.05) is 4.86 Å². The highest BCUT2D eigenvalue weighted by molar-refractivity contribution is 5.69. The SMILES string of the molecule is Cc1c(C)c(N=[N+]([O-])c2ccc(N(C)C)cc2)c(C)c(C)c1N. The molecule has 0 fully saturated rings. The van der Waals surface area contributed by atoms with Gasteiger partial charge in [0.15, 0.2) is 0 Å². The van der Waals surface area contributed by atoms with Crippen LogP contribution >= 0.6 is 0 Å². The lowest BCUT2D eigenvalue weighted by Crippen LogP contribution is -2.08. The van der Waals surface area contributed by atoms with E-state index in [2.05, 4.69) is 5.11 Å². The van der Waals surface area contributed by atoms with E-state index in [0.29, 0.717) is 16.2 Å². The summed E-state index contributed by atoms with van der Waals surface area (Å²) in [5.41, 5.74) is 12.9. The molecule has 5 nitrogen and oxygen atoms in total. The van der Waals surface area contributed by atoms with Crippen LogP contribution in [-0.4, -0.2) is 19.0 Å². The van der Waals surface area contributed by atoms with Gasteiger partial charge in [0.05, 0.1) is 0 Å². The van der Waals surface area contributed by atoms with Gasteiger partial charge in [-0.3, -0.25) is 0 Å². The molecule has 0 saturated carbocycles. The van der Waals surface area contributed by atoms with Gasteiger partial charge in [-0.15, -0.1) is 0 Å². The number of nitrogens with zero attached hydrogens (tertiary/aromatic N) is 3. The topological polar surface area (TPSA) is 67.7 Å². The molecular weight excluding hydrogens is 288 g/mol. The molecule has 0 spiro atoms. The summed E-state index contributed by atoms with van der Waals surface area (Å²) in [6, 6.07) is 7.34. The second-order valence-corrected chi connectivity index (χ2v) is 6.05. The molecule has 0 aliphatic heterocycles. The average Bonchev–Trinajstić information content (AvgIpc) is 2.55. The van der Waals surface area contributed by atoms with Crippen LogP contribution < -0.4 is 10.6 Å². The third-order valence-electron chi connectivity index (χ3n) is 4.42. The molecule has 0 unspecified atom stereocenters. The van der Waals surface area contributed by atoms with Crippen molar-refractivity contribution in [2.45, 2.75) is 27.7 Å². The van der Waals surface area contributed by atoms with E-state index in [1.807, 2.05) is 58.8 Å². The summed E-state index contributed by atoms with van der Waals surface area (Å²) in [6.45, 7) is 7.80. The van der Waals surface area contributed by atoms with Gasteiger partial charge >= 0.3 is 0 Å². The predicted octanol–water partition coefficient (Wildman–Crippen LogP) is 4.49. The summed E-state index contributed by atoms with van der Waals surface area (Å²) in [5.74, 6) is 0. The molecule has 0 heterocycles. The van der Waals surface area contributed by atoms with Crippen molar-refractivity contribution < 1.29 is 4.86 Å². The van der Waals surface area contributed by atoms with E-state index in [9.17, 15) is 5.21 Å². The fraction of sp³-hybridized carbons (Fsp3) is 0.333. The molecule has 0 amide bonds. The van der Waals surface area contributed by atoms with Crippen molar-refractivity contribution in [3.8, 4) is 0 Å². The minimum atomic E-state index is 0.501. The van der Waals surface area contributed by atoms with Gasteiger partial charge in [-0.05, 0) is 62.1 Å². The zero-order valence-corrected chi connectivity index (χ0v) is 14.6. The van der Waals surface area contributed by atoms with Gasteiger partial charge in [0.1, 0.15) is 5.69 Å². The molecule has 0 aromatic heterocycles. The van der Waals surface area contributed by atoms with Gasteiger partial charge < -0.3 is 15.8 Å². The van der Waals surface area contributed by atoms with Gasteiger partial charge in [-0.25, -0.2) is 0 Å². The Kier molecular flexibility index (Phi) is 4.59. The molecule has 2 rings (SSSR count). The summed E-state index contributed by atoms with van der Waals surface area (Å²) in [7, 11) is 3.92. The summed E-state index contributed by atoms with van der Waals surface area (Å²) >= 11 is 0. The van der Waals surface area contributed by atoms with Crippen molar-refractivity contribution in [3.05, 3.63) is 51.7 Å². The third kappa shape index (κ3) is 3.13. The Morgan fingerprint density at radius 3 is 1.83 bits per heavy atom.